The topological polar surface area (TPSA) is 45.2 Å². The molecule has 4 nitrogen and oxygen atoms in total. The van der Waals surface area contributed by atoms with Gasteiger partial charge in [-0.25, -0.2) is 9.37 Å². The Hall–Kier alpha value is -2.69. The van der Waals surface area contributed by atoms with Crippen molar-refractivity contribution in [3.05, 3.63) is 60.1 Å². The normalized spacial score (nSPS) is 14.4. The van der Waals surface area contributed by atoms with Gasteiger partial charge in [-0.3, -0.25) is 4.79 Å². The molecule has 0 unspecified atom stereocenters. The van der Waals surface area contributed by atoms with E-state index in [0.29, 0.717) is 5.69 Å². The van der Waals surface area contributed by atoms with Crippen LogP contribution in [0.15, 0.2) is 48.7 Å². The second kappa shape index (κ2) is 7.05. The minimum absolute atomic E-state index is 0.245. The van der Waals surface area contributed by atoms with Crippen LogP contribution in [0.1, 0.15) is 18.4 Å². The molecule has 1 aromatic carbocycles. The molecule has 1 aromatic heterocycles. The Balaban J connectivity index is 1.57. The molecule has 2 heterocycles. The van der Waals surface area contributed by atoms with Gasteiger partial charge < -0.3 is 10.2 Å². The lowest BCUT2D eigenvalue weighted by molar-refractivity contribution is -0.111. The van der Waals surface area contributed by atoms with Crippen molar-refractivity contribution in [2.75, 3.05) is 23.3 Å². The van der Waals surface area contributed by atoms with Crippen LogP contribution in [-0.4, -0.2) is 24.0 Å². The largest absolute Gasteiger partial charge is 0.357 e. The molecule has 1 saturated heterocycles. The van der Waals surface area contributed by atoms with E-state index in [0.717, 1.165) is 24.5 Å². The Morgan fingerprint density at radius 2 is 1.87 bits per heavy atom. The van der Waals surface area contributed by atoms with Crippen LogP contribution in [0.3, 0.4) is 0 Å². The fourth-order valence-corrected chi connectivity index (χ4v) is 2.52. The standard InChI is InChI=1S/C18H18FN3O/c19-15-6-3-14(4-7-15)5-10-18(23)21-16-8-9-17(20-13-16)22-11-1-2-12-22/h3-10,13H,1-2,11-12H2,(H,21,23)/b10-5-. The van der Waals surface area contributed by atoms with E-state index in [1.807, 2.05) is 12.1 Å². The molecule has 1 aliphatic rings. The predicted molar refractivity (Wildman–Crippen MR) is 89.7 cm³/mol. The SMILES string of the molecule is O=C(/C=C\c1ccc(F)cc1)Nc1ccc(N2CCCC2)nc1. The molecule has 0 bridgehead atoms. The van der Waals surface area contributed by atoms with E-state index in [2.05, 4.69) is 15.2 Å². The molecule has 2 aromatic rings. The van der Waals surface area contributed by atoms with Crippen molar-refractivity contribution in [2.24, 2.45) is 0 Å². The first-order chi connectivity index (χ1) is 11.2. The number of rotatable bonds is 4. The molecule has 23 heavy (non-hydrogen) atoms. The third-order valence-corrected chi connectivity index (χ3v) is 3.74. The summed E-state index contributed by atoms with van der Waals surface area (Å²) >= 11 is 0. The molecule has 0 saturated carbocycles. The first-order valence-corrected chi connectivity index (χ1v) is 7.66. The summed E-state index contributed by atoms with van der Waals surface area (Å²) in [6, 6.07) is 9.73. The van der Waals surface area contributed by atoms with Crippen LogP contribution < -0.4 is 10.2 Å². The van der Waals surface area contributed by atoms with Crippen molar-refractivity contribution >= 4 is 23.5 Å². The second-order valence-corrected chi connectivity index (χ2v) is 5.47. The molecular formula is C18H18FN3O. The highest BCUT2D eigenvalue weighted by atomic mass is 19.1. The van der Waals surface area contributed by atoms with Gasteiger partial charge >= 0.3 is 0 Å². The molecule has 0 atom stereocenters. The number of hydrogen-bond acceptors (Lipinski definition) is 3. The van der Waals surface area contributed by atoms with E-state index in [1.165, 1.54) is 31.1 Å². The number of carbonyl (C=O) groups excluding carboxylic acids is 1. The van der Waals surface area contributed by atoms with Crippen molar-refractivity contribution in [1.82, 2.24) is 4.98 Å². The maximum Gasteiger partial charge on any atom is 0.248 e. The van der Waals surface area contributed by atoms with Gasteiger partial charge in [-0.1, -0.05) is 12.1 Å². The van der Waals surface area contributed by atoms with Crippen LogP contribution in [0, 0.1) is 5.82 Å². The number of pyridine rings is 1. The van der Waals surface area contributed by atoms with Gasteiger partial charge in [0.15, 0.2) is 0 Å². The maximum absolute atomic E-state index is 12.8. The Kier molecular flexibility index (Phi) is 4.66. The van der Waals surface area contributed by atoms with E-state index in [9.17, 15) is 9.18 Å². The Morgan fingerprint density at radius 3 is 2.52 bits per heavy atom. The van der Waals surface area contributed by atoms with Crippen LogP contribution in [0.5, 0.6) is 0 Å². The number of anilines is 2. The Morgan fingerprint density at radius 1 is 1.13 bits per heavy atom. The average molecular weight is 311 g/mol. The van der Waals surface area contributed by atoms with Gasteiger partial charge in [-0.15, -0.1) is 0 Å². The van der Waals surface area contributed by atoms with Crippen LogP contribution in [0.25, 0.3) is 6.08 Å². The van der Waals surface area contributed by atoms with Gasteiger partial charge in [0, 0.05) is 19.2 Å². The van der Waals surface area contributed by atoms with Gasteiger partial charge in [0.1, 0.15) is 11.6 Å². The van der Waals surface area contributed by atoms with Crippen molar-refractivity contribution < 1.29 is 9.18 Å². The first-order valence-electron chi connectivity index (χ1n) is 7.66. The third-order valence-electron chi connectivity index (χ3n) is 3.74. The summed E-state index contributed by atoms with van der Waals surface area (Å²) in [6.45, 7) is 2.08. The molecule has 3 rings (SSSR count). The second-order valence-electron chi connectivity index (χ2n) is 5.47. The molecule has 1 aliphatic heterocycles. The number of nitrogens with one attached hydrogen (secondary N) is 1. The average Bonchev–Trinajstić information content (AvgIpc) is 3.09. The molecule has 5 heteroatoms. The number of hydrogen-bond donors (Lipinski definition) is 1. The summed E-state index contributed by atoms with van der Waals surface area (Å²) in [5.74, 6) is 0.406. The number of halogens is 1. The van der Waals surface area contributed by atoms with Gasteiger partial charge in [-0.2, -0.15) is 0 Å². The molecule has 1 amide bonds. The fraction of sp³-hybridized carbons (Fsp3) is 0.222. The fourth-order valence-electron chi connectivity index (χ4n) is 2.52. The molecular weight excluding hydrogens is 293 g/mol. The van der Waals surface area contributed by atoms with Crippen LogP contribution in [-0.2, 0) is 4.79 Å². The van der Waals surface area contributed by atoms with Crippen LogP contribution in [0.2, 0.25) is 0 Å². The minimum Gasteiger partial charge on any atom is -0.357 e. The van der Waals surface area contributed by atoms with Crippen molar-refractivity contribution in [3.8, 4) is 0 Å². The van der Waals surface area contributed by atoms with Gasteiger partial charge in [-0.05, 0) is 48.7 Å². The maximum atomic E-state index is 12.8. The summed E-state index contributed by atoms with van der Waals surface area (Å²) in [6.07, 6.45) is 7.13. The van der Waals surface area contributed by atoms with E-state index >= 15 is 0 Å². The van der Waals surface area contributed by atoms with Crippen LogP contribution >= 0.6 is 0 Å². The minimum atomic E-state index is -0.296. The Labute approximate surface area is 134 Å². The molecule has 118 valence electrons. The molecule has 1 fully saturated rings. The first kappa shape index (κ1) is 15.2. The molecule has 0 aliphatic carbocycles. The highest BCUT2D eigenvalue weighted by Crippen LogP contribution is 2.19. The molecule has 1 N–H and O–H groups in total. The lowest BCUT2D eigenvalue weighted by atomic mass is 10.2. The van der Waals surface area contributed by atoms with E-state index < -0.39 is 0 Å². The summed E-state index contributed by atoms with van der Waals surface area (Å²) in [5, 5.41) is 2.76. The monoisotopic (exact) mass is 311 g/mol. The summed E-state index contributed by atoms with van der Waals surface area (Å²) in [7, 11) is 0. The third kappa shape index (κ3) is 4.16. The van der Waals surface area contributed by atoms with Crippen molar-refractivity contribution in [3.63, 3.8) is 0 Å². The predicted octanol–water partition coefficient (Wildman–Crippen LogP) is 3.47. The van der Waals surface area contributed by atoms with Crippen LogP contribution in [0.4, 0.5) is 15.9 Å². The van der Waals surface area contributed by atoms with Crippen molar-refractivity contribution in [1.29, 1.82) is 0 Å². The summed E-state index contributed by atoms with van der Waals surface area (Å²) in [4.78, 5) is 18.5. The molecule has 0 spiro atoms. The Bertz CT molecular complexity index is 689. The number of nitrogens with zero attached hydrogens (tertiary/aromatic N) is 2. The van der Waals surface area contributed by atoms with Gasteiger partial charge in [0.25, 0.3) is 0 Å². The van der Waals surface area contributed by atoms with Gasteiger partial charge in [0.05, 0.1) is 11.9 Å². The number of benzene rings is 1. The van der Waals surface area contributed by atoms with Gasteiger partial charge in [0.2, 0.25) is 5.91 Å². The smallest absolute Gasteiger partial charge is 0.248 e. The van der Waals surface area contributed by atoms with E-state index in [1.54, 1.807) is 24.4 Å². The summed E-state index contributed by atoms with van der Waals surface area (Å²) < 4.78 is 12.8. The lowest BCUT2D eigenvalue weighted by Gasteiger charge is -2.16. The number of aromatic nitrogens is 1. The quantitative estimate of drug-likeness (QED) is 0.879. The molecule has 0 radical (unpaired) electrons. The zero-order valence-corrected chi connectivity index (χ0v) is 12.7. The number of amides is 1. The highest BCUT2D eigenvalue weighted by Gasteiger charge is 2.13. The van der Waals surface area contributed by atoms with Crippen molar-refractivity contribution in [2.45, 2.75) is 12.8 Å². The zero-order chi connectivity index (χ0) is 16.1. The zero-order valence-electron chi connectivity index (χ0n) is 12.7. The highest BCUT2D eigenvalue weighted by molar-refractivity contribution is 6.01. The van der Waals surface area contributed by atoms with E-state index in [4.69, 9.17) is 0 Å². The summed E-state index contributed by atoms with van der Waals surface area (Å²) in [5.41, 5.74) is 1.42. The van der Waals surface area contributed by atoms with E-state index in [-0.39, 0.29) is 11.7 Å². The number of carbonyl (C=O) groups is 1. The lowest BCUT2D eigenvalue weighted by Crippen LogP contribution is -2.18.